The maximum absolute atomic E-state index is 12.9. The third-order valence-electron chi connectivity index (χ3n) is 5.84. The zero-order valence-electron chi connectivity index (χ0n) is 16.3. The van der Waals surface area contributed by atoms with Crippen LogP contribution in [0.2, 0.25) is 0 Å². The van der Waals surface area contributed by atoms with Crippen LogP contribution in [0.15, 0.2) is 54.7 Å². The first-order valence-corrected chi connectivity index (χ1v) is 10.1. The maximum Gasteiger partial charge on any atom is 0.340 e. The van der Waals surface area contributed by atoms with Crippen LogP contribution in [0.1, 0.15) is 40.6 Å². The summed E-state index contributed by atoms with van der Waals surface area (Å²) in [6.45, 7) is 0.459. The molecule has 0 spiro atoms. The van der Waals surface area contributed by atoms with Gasteiger partial charge < -0.3 is 15.0 Å². The molecule has 1 fully saturated rings. The Morgan fingerprint density at radius 3 is 2.83 bits per heavy atom. The number of fused-ring (bicyclic) bond motifs is 2. The number of benzene rings is 2. The summed E-state index contributed by atoms with van der Waals surface area (Å²) >= 11 is 0. The van der Waals surface area contributed by atoms with E-state index in [0.717, 1.165) is 16.5 Å². The van der Waals surface area contributed by atoms with Crippen molar-refractivity contribution in [2.24, 2.45) is 0 Å². The van der Waals surface area contributed by atoms with E-state index in [-0.39, 0.29) is 18.2 Å². The minimum absolute atomic E-state index is 0.179. The maximum atomic E-state index is 12.9. The Morgan fingerprint density at radius 1 is 1.13 bits per heavy atom. The molecule has 3 heterocycles. The fourth-order valence-corrected chi connectivity index (χ4v) is 4.36. The summed E-state index contributed by atoms with van der Waals surface area (Å²) in [5.41, 5.74) is 3.27. The van der Waals surface area contributed by atoms with E-state index in [2.05, 4.69) is 10.3 Å². The fourth-order valence-electron chi connectivity index (χ4n) is 4.36. The van der Waals surface area contributed by atoms with Crippen molar-refractivity contribution in [3.05, 3.63) is 71.4 Å². The highest BCUT2D eigenvalue weighted by Crippen LogP contribution is 2.38. The molecule has 152 valence electrons. The van der Waals surface area contributed by atoms with Crippen LogP contribution >= 0.6 is 0 Å². The molecular weight excluding hydrogens is 382 g/mol. The van der Waals surface area contributed by atoms with E-state index in [4.69, 9.17) is 4.74 Å². The summed E-state index contributed by atoms with van der Waals surface area (Å²) in [5.74, 6) is -0.865. The van der Waals surface area contributed by atoms with Crippen molar-refractivity contribution in [1.82, 2.24) is 15.2 Å². The minimum Gasteiger partial charge on any atom is -0.433 e. The van der Waals surface area contributed by atoms with Crippen molar-refractivity contribution in [2.45, 2.75) is 31.5 Å². The summed E-state index contributed by atoms with van der Waals surface area (Å²) in [6, 6.07) is 14.4. The molecule has 7 heteroatoms. The number of nitrogens with zero attached hydrogens (tertiary/aromatic N) is 1. The Balaban J connectivity index is 1.28. The Kier molecular flexibility index (Phi) is 4.50. The van der Waals surface area contributed by atoms with E-state index in [1.807, 2.05) is 30.5 Å². The molecule has 0 aliphatic carbocycles. The second-order valence-corrected chi connectivity index (χ2v) is 7.60. The standard InChI is InChI=1S/C23H21N3O4/c27-20-10-9-19(26(20)22-16-6-1-2-7-17(16)23(29)30-22)21(28)24-12-11-14-13-25-18-8-4-3-5-15(14)18/h1-8,13,19,22,25H,9-12H2,(H,24,28). The molecule has 0 bridgehead atoms. The number of likely N-dealkylation sites (tertiary alicyclic amines) is 1. The minimum atomic E-state index is -0.840. The lowest BCUT2D eigenvalue weighted by Gasteiger charge is -2.29. The Labute approximate surface area is 173 Å². The van der Waals surface area contributed by atoms with E-state index in [1.54, 1.807) is 24.3 Å². The van der Waals surface area contributed by atoms with Crippen molar-refractivity contribution in [3.63, 3.8) is 0 Å². The number of hydrogen-bond donors (Lipinski definition) is 2. The molecule has 2 aromatic carbocycles. The number of para-hydroxylation sites is 1. The molecule has 1 aromatic heterocycles. The molecule has 3 aromatic rings. The summed E-state index contributed by atoms with van der Waals surface area (Å²) in [4.78, 5) is 42.3. The Bertz CT molecular complexity index is 1150. The van der Waals surface area contributed by atoms with Crippen molar-refractivity contribution >= 4 is 28.7 Å². The van der Waals surface area contributed by atoms with Crippen LogP contribution in [-0.2, 0) is 20.7 Å². The molecule has 2 unspecified atom stereocenters. The third kappa shape index (κ3) is 3.03. The van der Waals surface area contributed by atoms with Crippen LogP contribution in [-0.4, -0.2) is 40.3 Å². The van der Waals surface area contributed by atoms with Gasteiger partial charge in [0.2, 0.25) is 18.0 Å². The number of nitrogens with one attached hydrogen (secondary N) is 2. The lowest BCUT2D eigenvalue weighted by Crippen LogP contribution is -2.46. The first-order chi connectivity index (χ1) is 14.6. The van der Waals surface area contributed by atoms with Crippen LogP contribution in [0.25, 0.3) is 10.9 Å². The third-order valence-corrected chi connectivity index (χ3v) is 5.84. The van der Waals surface area contributed by atoms with Crippen LogP contribution in [0, 0.1) is 0 Å². The summed E-state index contributed by atoms with van der Waals surface area (Å²) in [7, 11) is 0. The normalized spacial score (nSPS) is 20.5. The number of cyclic esters (lactones) is 1. The molecule has 30 heavy (non-hydrogen) atoms. The molecule has 0 saturated carbocycles. The second kappa shape index (κ2) is 7.33. The zero-order chi connectivity index (χ0) is 20.7. The molecule has 2 aliphatic rings. The number of H-pyrrole nitrogens is 1. The monoisotopic (exact) mass is 403 g/mol. The number of amides is 2. The van der Waals surface area contributed by atoms with Crippen molar-refractivity contribution in [2.75, 3.05) is 6.54 Å². The molecule has 2 N–H and O–H groups in total. The van der Waals surface area contributed by atoms with Gasteiger partial charge in [0, 0.05) is 35.6 Å². The molecule has 2 amide bonds. The van der Waals surface area contributed by atoms with E-state index >= 15 is 0 Å². The van der Waals surface area contributed by atoms with Gasteiger partial charge in [-0.05, 0) is 30.5 Å². The lowest BCUT2D eigenvalue weighted by atomic mass is 10.1. The number of esters is 1. The number of aromatic nitrogens is 1. The van der Waals surface area contributed by atoms with E-state index < -0.39 is 18.2 Å². The first-order valence-electron chi connectivity index (χ1n) is 10.1. The SMILES string of the molecule is O=C1OC(N2C(=O)CCC2C(=O)NCCc2c[nH]c3ccccc23)c2ccccc21. The Hall–Kier alpha value is -3.61. The van der Waals surface area contributed by atoms with Crippen molar-refractivity contribution < 1.29 is 19.1 Å². The van der Waals surface area contributed by atoms with Gasteiger partial charge in [0.15, 0.2) is 0 Å². The van der Waals surface area contributed by atoms with Gasteiger partial charge in [-0.2, -0.15) is 0 Å². The first kappa shape index (κ1) is 18.4. The van der Waals surface area contributed by atoms with Gasteiger partial charge in [0.05, 0.1) is 5.56 Å². The van der Waals surface area contributed by atoms with Gasteiger partial charge in [-0.1, -0.05) is 36.4 Å². The summed E-state index contributed by atoms with van der Waals surface area (Å²) < 4.78 is 5.46. The van der Waals surface area contributed by atoms with Gasteiger partial charge in [0.1, 0.15) is 6.04 Å². The van der Waals surface area contributed by atoms with Crippen LogP contribution in [0.3, 0.4) is 0 Å². The van der Waals surface area contributed by atoms with Gasteiger partial charge in [-0.3, -0.25) is 14.5 Å². The molecular formula is C23H21N3O4. The van der Waals surface area contributed by atoms with Gasteiger partial charge in [-0.15, -0.1) is 0 Å². The van der Waals surface area contributed by atoms with E-state index in [9.17, 15) is 14.4 Å². The van der Waals surface area contributed by atoms with E-state index in [1.165, 1.54) is 4.90 Å². The average Bonchev–Trinajstić information content (AvgIpc) is 3.44. The highest BCUT2D eigenvalue weighted by atomic mass is 16.6. The highest BCUT2D eigenvalue weighted by Gasteiger charge is 2.46. The lowest BCUT2D eigenvalue weighted by molar-refractivity contribution is -0.145. The van der Waals surface area contributed by atoms with Crippen LogP contribution in [0.5, 0.6) is 0 Å². The average molecular weight is 403 g/mol. The summed E-state index contributed by atoms with van der Waals surface area (Å²) in [5, 5.41) is 4.09. The van der Waals surface area contributed by atoms with Gasteiger partial charge in [0.25, 0.3) is 0 Å². The number of aromatic amines is 1. The molecule has 5 rings (SSSR count). The fraction of sp³-hybridized carbons (Fsp3) is 0.261. The molecule has 2 aliphatic heterocycles. The number of carbonyl (C=O) groups excluding carboxylic acids is 3. The Morgan fingerprint density at radius 2 is 1.93 bits per heavy atom. The molecule has 2 atom stereocenters. The zero-order valence-corrected chi connectivity index (χ0v) is 16.3. The number of rotatable bonds is 5. The number of carbonyl (C=O) groups is 3. The van der Waals surface area contributed by atoms with Crippen LogP contribution < -0.4 is 5.32 Å². The van der Waals surface area contributed by atoms with E-state index in [0.29, 0.717) is 30.5 Å². The largest absolute Gasteiger partial charge is 0.433 e. The predicted octanol–water partition coefficient (Wildman–Crippen LogP) is 2.69. The molecule has 7 nitrogen and oxygen atoms in total. The highest BCUT2D eigenvalue weighted by molar-refractivity contribution is 5.96. The number of hydrogen-bond acceptors (Lipinski definition) is 4. The van der Waals surface area contributed by atoms with Crippen LogP contribution in [0.4, 0.5) is 0 Å². The predicted molar refractivity (Wildman–Crippen MR) is 109 cm³/mol. The quantitative estimate of drug-likeness (QED) is 0.641. The molecule has 1 saturated heterocycles. The number of ether oxygens (including phenoxy) is 1. The smallest absolute Gasteiger partial charge is 0.340 e. The van der Waals surface area contributed by atoms with Gasteiger partial charge in [-0.25, -0.2) is 4.79 Å². The second-order valence-electron chi connectivity index (χ2n) is 7.60. The van der Waals surface area contributed by atoms with Gasteiger partial charge >= 0.3 is 5.97 Å². The van der Waals surface area contributed by atoms with Crippen molar-refractivity contribution in [3.8, 4) is 0 Å². The topological polar surface area (TPSA) is 91.5 Å². The van der Waals surface area contributed by atoms with Crippen molar-refractivity contribution in [1.29, 1.82) is 0 Å². The molecule has 0 radical (unpaired) electrons. The summed E-state index contributed by atoms with van der Waals surface area (Å²) in [6.07, 6.45) is 2.47.